The van der Waals surface area contributed by atoms with Crippen molar-refractivity contribution in [3.63, 3.8) is 0 Å². The minimum Gasteiger partial charge on any atom is -0.355 e. The molecular weight excluding hydrogens is 314 g/mol. The highest BCUT2D eigenvalue weighted by molar-refractivity contribution is 5.89. The Kier molecular flexibility index (Phi) is 3.99. The van der Waals surface area contributed by atoms with E-state index in [1.54, 1.807) is 6.20 Å². The summed E-state index contributed by atoms with van der Waals surface area (Å²) in [5.41, 5.74) is 1.44. The van der Waals surface area contributed by atoms with Crippen LogP contribution in [0.2, 0.25) is 0 Å². The fourth-order valence-electron chi connectivity index (χ4n) is 4.13. The maximum atomic E-state index is 12.7. The van der Waals surface area contributed by atoms with Gasteiger partial charge >= 0.3 is 0 Å². The molecule has 0 radical (unpaired) electrons. The number of rotatable bonds is 3. The van der Waals surface area contributed by atoms with Crippen LogP contribution in [0, 0.1) is 5.41 Å². The van der Waals surface area contributed by atoms with Crippen LogP contribution in [0.3, 0.4) is 0 Å². The van der Waals surface area contributed by atoms with Crippen molar-refractivity contribution in [2.75, 3.05) is 19.6 Å². The molecule has 0 aliphatic carbocycles. The Labute approximate surface area is 147 Å². The van der Waals surface area contributed by atoms with E-state index in [4.69, 9.17) is 0 Å². The molecule has 2 aromatic rings. The summed E-state index contributed by atoms with van der Waals surface area (Å²) in [4.78, 5) is 31.4. The van der Waals surface area contributed by atoms with E-state index in [0.717, 1.165) is 5.69 Å². The molecule has 2 aliphatic rings. The number of nitrogens with one attached hydrogen (secondary N) is 1. The zero-order valence-electron chi connectivity index (χ0n) is 14.0. The molecule has 5 heteroatoms. The third-order valence-corrected chi connectivity index (χ3v) is 5.50. The van der Waals surface area contributed by atoms with Crippen LogP contribution in [0.5, 0.6) is 0 Å². The van der Waals surface area contributed by atoms with Crippen molar-refractivity contribution in [2.24, 2.45) is 5.41 Å². The van der Waals surface area contributed by atoms with Gasteiger partial charge < -0.3 is 10.2 Å². The van der Waals surface area contributed by atoms with E-state index in [0.29, 0.717) is 26.1 Å². The van der Waals surface area contributed by atoms with Crippen molar-refractivity contribution in [1.82, 2.24) is 15.2 Å². The average Bonchev–Trinajstić information content (AvgIpc) is 3.23. The Hall–Kier alpha value is -2.69. The topological polar surface area (TPSA) is 62.3 Å². The van der Waals surface area contributed by atoms with Crippen LogP contribution in [0.15, 0.2) is 54.7 Å². The molecule has 1 spiro atoms. The van der Waals surface area contributed by atoms with Gasteiger partial charge in [-0.05, 0) is 24.1 Å². The van der Waals surface area contributed by atoms with Gasteiger partial charge in [-0.15, -0.1) is 0 Å². The van der Waals surface area contributed by atoms with Crippen LogP contribution in [0.4, 0.5) is 0 Å². The van der Waals surface area contributed by atoms with E-state index in [1.807, 2.05) is 41.3 Å². The predicted molar refractivity (Wildman–Crippen MR) is 93.8 cm³/mol. The first-order chi connectivity index (χ1) is 12.2. The lowest BCUT2D eigenvalue weighted by atomic mass is 9.73. The number of benzene rings is 1. The highest BCUT2D eigenvalue weighted by Gasteiger charge is 2.55. The molecular formula is C20H21N3O2. The molecule has 2 amide bonds. The summed E-state index contributed by atoms with van der Waals surface area (Å²) in [6, 6.07) is 15.7. The zero-order chi connectivity index (χ0) is 17.3. The van der Waals surface area contributed by atoms with E-state index >= 15 is 0 Å². The van der Waals surface area contributed by atoms with Gasteiger partial charge in [0.15, 0.2) is 0 Å². The molecule has 2 fully saturated rings. The molecule has 5 nitrogen and oxygen atoms in total. The van der Waals surface area contributed by atoms with Crippen LogP contribution >= 0.6 is 0 Å². The summed E-state index contributed by atoms with van der Waals surface area (Å²) in [5.74, 6) is 0.241. The lowest BCUT2D eigenvalue weighted by Crippen LogP contribution is -2.39. The number of hydrogen-bond acceptors (Lipinski definition) is 3. The number of hydrogen-bond donors (Lipinski definition) is 1. The second kappa shape index (κ2) is 6.31. The number of amides is 2. The van der Waals surface area contributed by atoms with Crippen LogP contribution < -0.4 is 5.32 Å². The van der Waals surface area contributed by atoms with E-state index in [9.17, 15) is 9.59 Å². The van der Waals surface area contributed by atoms with Gasteiger partial charge in [-0.2, -0.15) is 0 Å². The van der Waals surface area contributed by atoms with Crippen molar-refractivity contribution >= 4 is 11.8 Å². The Morgan fingerprint density at radius 2 is 2.00 bits per heavy atom. The van der Waals surface area contributed by atoms with Crippen molar-refractivity contribution in [3.05, 3.63) is 66.0 Å². The first kappa shape index (κ1) is 15.8. The number of aromatic nitrogens is 1. The number of carbonyl (C=O) groups excluding carboxylic acids is 2. The van der Waals surface area contributed by atoms with Crippen LogP contribution in [-0.2, 0) is 16.0 Å². The smallest absolute Gasteiger partial charge is 0.228 e. The molecule has 1 N–H and O–H groups in total. The predicted octanol–water partition coefficient (Wildman–Crippen LogP) is 1.76. The molecule has 2 aliphatic heterocycles. The summed E-state index contributed by atoms with van der Waals surface area (Å²) in [6.07, 6.45) is 2.70. The second-order valence-corrected chi connectivity index (χ2v) is 6.89. The largest absolute Gasteiger partial charge is 0.355 e. The second-order valence-electron chi connectivity index (χ2n) is 6.89. The fraction of sp³-hybridized carbons (Fsp3) is 0.350. The number of nitrogens with zero attached hydrogens (tertiary/aromatic N) is 2. The van der Waals surface area contributed by atoms with Gasteiger partial charge in [-0.1, -0.05) is 36.4 Å². The fourth-order valence-corrected chi connectivity index (χ4v) is 4.13. The molecule has 1 aromatic carbocycles. The first-order valence-corrected chi connectivity index (χ1v) is 8.70. The molecule has 0 bridgehead atoms. The van der Waals surface area contributed by atoms with Gasteiger partial charge in [0.25, 0.3) is 0 Å². The molecule has 128 valence electrons. The third-order valence-electron chi connectivity index (χ3n) is 5.50. The van der Waals surface area contributed by atoms with Gasteiger partial charge in [0.2, 0.25) is 11.8 Å². The Bertz CT molecular complexity index is 778. The Morgan fingerprint density at radius 1 is 1.20 bits per heavy atom. The Balaban J connectivity index is 1.53. The molecule has 0 saturated carbocycles. The number of likely N-dealkylation sites (tertiary alicyclic amines) is 1. The molecule has 4 rings (SSSR count). The molecule has 1 aromatic heterocycles. The van der Waals surface area contributed by atoms with Crippen LogP contribution in [0.1, 0.15) is 23.6 Å². The minimum absolute atomic E-state index is 0.0436. The normalized spacial score (nSPS) is 25.4. The zero-order valence-corrected chi connectivity index (χ0v) is 14.0. The highest BCUT2D eigenvalue weighted by Crippen LogP contribution is 2.46. The number of carbonyl (C=O) groups is 2. The Morgan fingerprint density at radius 3 is 2.76 bits per heavy atom. The van der Waals surface area contributed by atoms with Crippen molar-refractivity contribution in [3.8, 4) is 0 Å². The number of pyridine rings is 1. The maximum Gasteiger partial charge on any atom is 0.228 e. The lowest BCUT2D eigenvalue weighted by Gasteiger charge is -2.28. The average molecular weight is 335 g/mol. The van der Waals surface area contributed by atoms with Crippen LogP contribution in [0.25, 0.3) is 0 Å². The third kappa shape index (κ3) is 2.80. The van der Waals surface area contributed by atoms with Gasteiger partial charge in [0.1, 0.15) is 0 Å². The quantitative estimate of drug-likeness (QED) is 0.930. The van der Waals surface area contributed by atoms with Crippen molar-refractivity contribution < 1.29 is 9.59 Å². The first-order valence-electron chi connectivity index (χ1n) is 8.70. The van der Waals surface area contributed by atoms with E-state index in [2.05, 4.69) is 22.4 Å². The monoisotopic (exact) mass is 335 g/mol. The summed E-state index contributed by atoms with van der Waals surface area (Å²) >= 11 is 0. The van der Waals surface area contributed by atoms with Gasteiger partial charge in [0, 0.05) is 37.4 Å². The standard InChI is InChI=1S/C20H21N3O2/c24-18(12-16-8-4-5-10-21-16)23-11-9-20(14-23)17(13-22-19(20)25)15-6-2-1-3-7-15/h1-8,10,17H,9,11-14H2,(H,22,25)/t17-,20+/m0/s1. The van der Waals surface area contributed by atoms with Crippen LogP contribution in [-0.4, -0.2) is 41.3 Å². The minimum atomic E-state index is -0.499. The molecule has 2 saturated heterocycles. The maximum absolute atomic E-state index is 12.7. The van der Waals surface area contributed by atoms with E-state index in [-0.39, 0.29) is 24.2 Å². The summed E-state index contributed by atoms with van der Waals surface area (Å²) in [6.45, 7) is 1.76. The molecule has 0 unspecified atom stereocenters. The van der Waals surface area contributed by atoms with Gasteiger partial charge in [-0.3, -0.25) is 14.6 Å². The lowest BCUT2D eigenvalue weighted by molar-refractivity contribution is -0.131. The van der Waals surface area contributed by atoms with Crippen molar-refractivity contribution in [2.45, 2.75) is 18.8 Å². The SMILES string of the molecule is O=C(Cc1ccccn1)N1CC[C@]2(C1)C(=O)NC[C@H]2c1ccccc1. The summed E-state index contributed by atoms with van der Waals surface area (Å²) in [7, 11) is 0. The molecule has 3 heterocycles. The molecule has 2 atom stereocenters. The summed E-state index contributed by atoms with van der Waals surface area (Å²) < 4.78 is 0. The highest BCUT2D eigenvalue weighted by atomic mass is 16.2. The van der Waals surface area contributed by atoms with Gasteiger partial charge in [0.05, 0.1) is 11.8 Å². The summed E-state index contributed by atoms with van der Waals surface area (Å²) in [5, 5.41) is 3.02. The van der Waals surface area contributed by atoms with Crippen molar-refractivity contribution in [1.29, 1.82) is 0 Å². The molecule has 25 heavy (non-hydrogen) atoms. The van der Waals surface area contributed by atoms with Gasteiger partial charge in [-0.25, -0.2) is 0 Å². The van der Waals surface area contributed by atoms with E-state index in [1.165, 1.54) is 5.56 Å². The van der Waals surface area contributed by atoms with E-state index < -0.39 is 5.41 Å².